The molecular weight excluding hydrogens is 292 g/mol. The molecule has 0 heterocycles. The van der Waals surface area contributed by atoms with Crippen LogP contribution in [-0.4, -0.2) is 18.4 Å². The zero-order chi connectivity index (χ0) is 16.7. The monoisotopic (exact) mass is 312 g/mol. The van der Waals surface area contributed by atoms with Gasteiger partial charge in [0.15, 0.2) is 0 Å². The lowest BCUT2D eigenvalue weighted by Crippen LogP contribution is -2.12. The predicted molar refractivity (Wildman–Crippen MR) is 90.9 cm³/mol. The van der Waals surface area contributed by atoms with Gasteiger partial charge in [0.25, 0.3) is 5.91 Å². The highest BCUT2D eigenvalue weighted by Gasteiger charge is 2.06. The summed E-state index contributed by atoms with van der Waals surface area (Å²) in [5, 5.41) is 5.48. The molecule has 23 heavy (non-hydrogen) atoms. The van der Waals surface area contributed by atoms with Crippen molar-refractivity contribution in [2.45, 2.75) is 20.3 Å². The maximum atomic E-state index is 12.2. The molecule has 120 valence electrons. The summed E-state index contributed by atoms with van der Waals surface area (Å²) in [6, 6.07) is 14.0. The van der Waals surface area contributed by atoms with E-state index in [9.17, 15) is 9.59 Å². The topological polar surface area (TPSA) is 67.4 Å². The first-order chi connectivity index (χ1) is 11.1. The van der Waals surface area contributed by atoms with Crippen molar-refractivity contribution in [2.24, 2.45) is 0 Å². The van der Waals surface area contributed by atoms with E-state index in [-0.39, 0.29) is 11.8 Å². The van der Waals surface area contributed by atoms with Crippen LogP contribution in [0, 0.1) is 0 Å². The largest absolute Gasteiger partial charge is 0.494 e. The average molecular weight is 312 g/mol. The molecule has 0 unspecified atom stereocenters. The molecule has 0 aliphatic rings. The van der Waals surface area contributed by atoms with Crippen LogP contribution < -0.4 is 15.4 Å². The SMILES string of the molecule is CCCOc1ccc(NC(=O)c2ccc(NC(C)=O)cc2)cc1. The lowest BCUT2D eigenvalue weighted by molar-refractivity contribution is -0.114. The molecule has 2 N–H and O–H groups in total. The van der Waals surface area contributed by atoms with Crippen molar-refractivity contribution in [2.75, 3.05) is 17.2 Å². The van der Waals surface area contributed by atoms with Crippen LogP contribution in [0.2, 0.25) is 0 Å². The summed E-state index contributed by atoms with van der Waals surface area (Å²) in [6.45, 7) is 4.16. The van der Waals surface area contributed by atoms with Crippen LogP contribution in [0.1, 0.15) is 30.6 Å². The number of carbonyl (C=O) groups is 2. The maximum absolute atomic E-state index is 12.2. The molecule has 0 radical (unpaired) electrons. The van der Waals surface area contributed by atoms with Gasteiger partial charge >= 0.3 is 0 Å². The Morgan fingerprint density at radius 2 is 1.48 bits per heavy atom. The lowest BCUT2D eigenvalue weighted by atomic mass is 10.2. The molecule has 0 fully saturated rings. The third-order valence-electron chi connectivity index (χ3n) is 3.05. The van der Waals surface area contributed by atoms with Gasteiger partial charge in [-0.15, -0.1) is 0 Å². The first kappa shape index (κ1) is 16.5. The van der Waals surface area contributed by atoms with E-state index in [2.05, 4.69) is 10.6 Å². The van der Waals surface area contributed by atoms with Crippen LogP contribution in [0.3, 0.4) is 0 Å². The highest BCUT2D eigenvalue weighted by atomic mass is 16.5. The van der Waals surface area contributed by atoms with E-state index in [0.717, 1.165) is 12.2 Å². The van der Waals surface area contributed by atoms with Crippen LogP contribution >= 0.6 is 0 Å². The first-order valence-corrected chi connectivity index (χ1v) is 7.50. The molecule has 0 aliphatic carbocycles. The van der Waals surface area contributed by atoms with Crippen molar-refractivity contribution >= 4 is 23.2 Å². The van der Waals surface area contributed by atoms with Crippen LogP contribution in [0.15, 0.2) is 48.5 Å². The Morgan fingerprint density at radius 1 is 0.913 bits per heavy atom. The van der Waals surface area contributed by atoms with Crippen molar-refractivity contribution in [3.63, 3.8) is 0 Å². The molecule has 0 saturated heterocycles. The highest BCUT2D eigenvalue weighted by molar-refractivity contribution is 6.04. The van der Waals surface area contributed by atoms with E-state index in [1.54, 1.807) is 36.4 Å². The number of ether oxygens (including phenoxy) is 1. The molecule has 2 rings (SSSR count). The molecule has 5 nitrogen and oxygen atoms in total. The summed E-state index contributed by atoms with van der Waals surface area (Å²) in [5.74, 6) is 0.429. The number of nitrogens with one attached hydrogen (secondary N) is 2. The van der Waals surface area contributed by atoms with Crippen molar-refractivity contribution in [3.05, 3.63) is 54.1 Å². The van der Waals surface area contributed by atoms with E-state index >= 15 is 0 Å². The van der Waals surface area contributed by atoms with Crippen LogP contribution in [-0.2, 0) is 4.79 Å². The standard InChI is InChI=1S/C18H20N2O3/c1-3-12-23-17-10-8-16(9-11-17)20-18(22)14-4-6-15(7-5-14)19-13(2)21/h4-11H,3,12H2,1-2H3,(H,19,21)(H,20,22). The minimum atomic E-state index is -0.207. The molecule has 0 atom stereocenters. The minimum absolute atomic E-state index is 0.146. The third-order valence-corrected chi connectivity index (χ3v) is 3.05. The first-order valence-electron chi connectivity index (χ1n) is 7.50. The number of anilines is 2. The van der Waals surface area contributed by atoms with Gasteiger partial charge < -0.3 is 15.4 Å². The molecule has 2 aromatic carbocycles. The van der Waals surface area contributed by atoms with E-state index in [1.807, 2.05) is 19.1 Å². The van der Waals surface area contributed by atoms with Gasteiger partial charge in [-0.05, 0) is 55.0 Å². The summed E-state index contributed by atoms with van der Waals surface area (Å²) in [4.78, 5) is 23.1. The van der Waals surface area contributed by atoms with Crippen molar-refractivity contribution in [1.82, 2.24) is 0 Å². The molecule has 0 bridgehead atoms. The second-order valence-corrected chi connectivity index (χ2v) is 5.09. The number of rotatable bonds is 6. The summed E-state index contributed by atoms with van der Waals surface area (Å²) >= 11 is 0. The number of hydrogen-bond acceptors (Lipinski definition) is 3. The van der Waals surface area contributed by atoms with Crippen molar-refractivity contribution in [1.29, 1.82) is 0 Å². The van der Waals surface area contributed by atoms with E-state index in [1.165, 1.54) is 6.92 Å². The zero-order valence-corrected chi connectivity index (χ0v) is 13.3. The van der Waals surface area contributed by atoms with Crippen molar-refractivity contribution < 1.29 is 14.3 Å². The molecule has 0 saturated carbocycles. The summed E-state index contributed by atoms with van der Waals surface area (Å²) in [5.41, 5.74) is 1.88. The normalized spacial score (nSPS) is 10.0. The molecule has 0 aliphatic heterocycles. The minimum Gasteiger partial charge on any atom is -0.494 e. The smallest absolute Gasteiger partial charge is 0.255 e. The Hall–Kier alpha value is -2.82. The molecule has 0 spiro atoms. The molecule has 5 heteroatoms. The number of amides is 2. The zero-order valence-electron chi connectivity index (χ0n) is 13.3. The number of benzene rings is 2. The summed E-state index contributed by atoms with van der Waals surface area (Å²) in [7, 11) is 0. The van der Waals surface area contributed by atoms with Gasteiger partial charge in [-0.25, -0.2) is 0 Å². The Morgan fingerprint density at radius 3 is 2.04 bits per heavy atom. The summed E-state index contributed by atoms with van der Waals surface area (Å²) in [6.07, 6.45) is 0.951. The third kappa shape index (κ3) is 5.14. The fourth-order valence-electron chi connectivity index (χ4n) is 1.97. The van der Waals surface area contributed by atoms with E-state index < -0.39 is 0 Å². The van der Waals surface area contributed by atoms with Gasteiger partial charge in [0, 0.05) is 23.9 Å². The van der Waals surface area contributed by atoms with Gasteiger partial charge in [-0.3, -0.25) is 9.59 Å². The average Bonchev–Trinajstić information content (AvgIpc) is 2.54. The van der Waals surface area contributed by atoms with Gasteiger partial charge in [0.2, 0.25) is 5.91 Å². The van der Waals surface area contributed by atoms with Crippen LogP contribution in [0.25, 0.3) is 0 Å². The van der Waals surface area contributed by atoms with Gasteiger partial charge in [0.05, 0.1) is 6.61 Å². The van der Waals surface area contributed by atoms with Gasteiger partial charge in [-0.2, -0.15) is 0 Å². The molecule has 2 amide bonds. The second-order valence-electron chi connectivity index (χ2n) is 5.09. The van der Waals surface area contributed by atoms with Crippen molar-refractivity contribution in [3.8, 4) is 5.75 Å². The van der Waals surface area contributed by atoms with E-state index in [4.69, 9.17) is 4.74 Å². The second kappa shape index (κ2) is 7.98. The fourth-order valence-corrected chi connectivity index (χ4v) is 1.97. The Kier molecular flexibility index (Phi) is 5.74. The maximum Gasteiger partial charge on any atom is 0.255 e. The highest BCUT2D eigenvalue weighted by Crippen LogP contribution is 2.17. The van der Waals surface area contributed by atoms with Gasteiger partial charge in [0.1, 0.15) is 5.75 Å². The van der Waals surface area contributed by atoms with Gasteiger partial charge in [-0.1, -0.05) is 6.92 Å². The van der Waals surface area contributed by atoms with Crippen LogP contribution in [0.4, 0.5) is 11.4 Å². The predicted octanol–water partition coefficient (Wildman–Crippen LogP) is 3.69. The Labute approximate surface area is 135 Å². The number of hydrogen-bond donors (Lipinski definition) is 2. The molecule has 0 aromatic heterocycles. The lowest BCUT2D eigenvalue weighted by Gasteiger charge is -2.08. The van der Waals surface area contributed by atoms with E-state index in [0.29, 0.717) is 23.5 Å². The Bertz CT molecular complexity index is 664. The number of carbonyl (C=O) groups excluding carboxylic acids is 2. The summed E-state index contributed by atoms with van der Waals surface area (Å²) < 4.78 is 5.50. The molecule has 2 aromatic rings. The fraction of sp³-hybridized carbons (Fsp3) is 0.222. The Balaban J connectivity index is 1.96. The quantitative estimate of drug-likeness (QED) is 0.855. The van der Waals surface area contributed by atoms with Crippen LogP contribution in [0.5, 0.6) is 5.75 Å². The molecular formula is C18H20N2O3.